The van der Waals surface area contributed by atoms with Gasteiger partial charge in [0.25, 0.3) is 0 Å². The molecule has 2 N–H and O–H groups in total. The molecule has 0 amide bonds. The van der Waals surface area contributed by atoms with Gasteiger partial charge in [-0.3, -0.25) is 5.43 Å². The van der Waals surface area contributed by atoms with Gasteiger partial charge in [-0.25, -0.2) is 4.98 Å². The lowest BCUT2D eigenvalue weighted by Gasteiger charge is -2.09. The van der Waals surface area contributed by atoms with Gasteiger partial charge in [0.15, 0.2) is 5.11 Å². The Hall–Kier alpha value is -1.79. The average Bonchev–Trinajstić information content (AvgIpc) is 2.85. The minimum atomic E-state index is 0.454. The van der Waals surface area contributed by atoms with Crippen LogP contribution < -0.4 is 10.7 Å². The van der Waals surface area contributed by atoms with Gasteiger partial charge in [-0.1, -0.05) is 26.0 Å². The molecule has 1 aromatic heterocycles. The first kappa shape index (κ1) is 15.6. The summed E-state index contributed by atoms with van der Waals surface area (Å²) >= 11 is 6.78. The maximum Gasteiger partial charge on any atom is 0.191 e. The van der Waals surface area contributed by atoms with E-state index in [1.165, 1.54) is 5.56 Å². The molecule has 0 aliphatic carbocycles. The topological polar surface area (TPSA) is 49.3 Å². The summed E-state index contributed by atoms with van der Waals surface area (Å²) in [4.78, 5) is 4.28. The van der Waals surface area contributed by atoms with Crippen molar-refractivity contribution in [3.8, 4) is 0 Å². The van der Waals surface area contributed by atoms with Crippen LogP contribution in [0.4, 0.5) is 5.69 Å². The quantitative estimate of drug-likeness (QED) is 0.510. The zero-order chi connectivity index (χ0) is 15.2. The fourth-order valence-electron chi connectivity index (χ4n) is 1.71. The summed E-state index contributed by atoms with van der Waals surface area (Å²) in [6.45, 7) is 6.30. The van der Waals surface area contributed by atoms with Crippen molar-refractivity contribution >= 4 is 40.6 Å². The van der Waals surface area contributed by atoms with Crippen LogP contribution in [0.15, 0.2) is 34.7 Å². The molecule has 0 aliphatic rings. The number of thiazole rings is 1. The summed E-state index contributed by atoms with van der Waals surface area (Å²) in [7, 11) is 0. The highest BCUT2D eigenvalue weighted by Crippen LogP contribution is 2.16. The number of hydrazone groups is 1. The lowest BCUT2D eigenvalue weighted by Crippen LogP contribution is -2.23. The van der Waals surface area contributed by atoms with Crippen molar-refractivity contribution < 1.29 is 0 Å². The van der Waals surface area contributed by atoms with Crippen LogP contribution in [0.1, 0.15) is 36.0 Å². The van der Waals surface area contributed by atoms with Crippen molar-refractivity contribution in [2.45, 2.75) is 26.7 Å². The zero-order valence-corrected chi connectivity index (χ0v) is 13.9. The van der Waals surface area contributed by atoms with Crippen molar-refractivity contribution in [1.29, 1.82) is 0 Å². The van der Waals surface area contributed by atoms with Gasteiger partial charge in [0.1, 0.15) is 0 Å². The van der Waals surface area contributed by atoms with E-state index in [4.69, 9.17) is 12.2 Å². The third-order valence-electron chi connectivity index (χ3n) is 2.83. The summed E-state index contributed by atoms with van der Waals surface area (Å²) in [5, 5.41) is 10.6. The van der Waals surface area contributed by atoms with Gasteiger partial charge in [0.2, 0.25) is 0 Å². The van der Waals surface area contributed by atoms with E-state index >= 15 is 0 Å². The second kappa shape index (κ2) is 7.28. The lowest BCUT2D eigenvalue weighted by atomic mass is 10.0. The molecule has 0 aliphatic heterocycles. The largest absolute Gasteiger partial charge is 0.331 e. The second-order valence-corrected chi connectivity index (χ2v) is 6.36. The Bertz CT molecular complexity index is 629. The second-order valence-electron chi connectivity index (χ2n) is 4.89. The fourth-order valence-corrected chi connectivity index (χ4v) is 2.44. The molecule has 0 bridgehead atoms. The van der Waals surface area contributed by atoms with Gasteiger partial charge >= 0.3 is 0 Å². The molecule has 1 aromatic carbocycles. The van der Waals surface area contributed by atoms with Crippen molar-refractivity contribution in [2.24, 2.45) is 5.10 Å². The summed E-state index contributed by atoms with van der Waals surface area (Å²) in [5.74, 6) is 0.523. The number of anilines is 1. The Morgan fingerprint density at radius 1 is 1.33 bits per heavy atom. The number of thiocarbonyl (C=S) groups is 1. The number of nitrogens with zero attached hydrogens (tertiary/aromatic N) is 2. The molecule has 0 saturated heterocycles. The zero-order valence-electron chi connectivity index (χ0n) is 12.3. The van der Waals surface area contributed by atoms with E-state index in [0.717, 1.165) is 16.4 Å². The van der Waals surface area contributed by atoms with E-state index in [1.54, 1.807) is 17.6 Å². The van der Waals surface area contributed by atoms with Crippen molar-refractivity contribution in [1.82, 2.24) is 10.4 Å². The highest BCUT2D eigenvalue weighted by Gasteiger charge is 2.00. The van der Waals surface area contributed by atoms with Crippen LogP contribution in [-0.4, -0.2) is 16.3 Å². The maximum atomic E-state index is 5.19. The standard InChI is InChI=1S/C15H18N4S2/c1-10(2)12-4-6-13(7-5-12)18-15(20)19-16-8-14-9-21-11(3)17-14/h4-10H,1-3H3,(H2,18,19,20)/b16-8-. The Kier molecular flexibility index (Phi) is 5.41. The normalized spacial score (nSPS) is 11.0. The number of rotatable bonds is 4. The molecule has 1 heterocycles. The third kappa shape index (κ3) is 4.91. The molecule has 0 spiro atoms. The predicted molar refractivity (Wildman–Crippen MR) is 94.3 cm³/mol. The number of aryl methyl sites for hydroxylation is 1. The monoisotopic (exact) mass is 318 g/mol. The molecule has 0 atom stereocenters. The van der Waals surface area contributed by atoms with E-state index in [0.29, 0.717) is 11.0 Å². The van der Waals surface area contributed by atoms with Crippen molar-refractivity contribution in [2.75, 3.05) is 5.32 Å². The molecule has 4 nitrogen and oxygen atoms in total. The minimum absolute atomic E-state index is 0.454. The highest BCUT2D eigenvalue weighted by atomic mass is 32.1. The molecule has 0 radical (unpaired) electrons. The third-order valence-corrected chi connectivity index (χ3v) is 3.82. The summed E-state index contributed by atoms with van der Waals surface area (Å²) < 4.78 is 0. The van der Waals surface area contributed by atoms with Crippen LogP contribution in [0.3, 0.4) is 0 Å². The van der Waals surface area contributed by atoms with E-state index in [-0.39, 0.29) is 0 Å². The first-order chi connectivity index (χ1) is 10.0. The SMILES string of the molecule is Cc1nc(/C=N\NC(=S)Nc2ccc(C(C)C)cc2)cs1. The van der Waals surface area contributed by atoms with E-state index in [1.807, 2.05) is 24.4 Å². The summed E-state index contributed by atoms with van der Waals surface area (Å²) in [6.07, 6.45) is 1.65. The minimum Gasteiger partial charge on any atom is -0.331 e. The first-order valence-electron chi connectivity index (χ1n) is 6.67. The van der Waals surface area contributed by atoms with Crippen molar-refractivity contribution in [3.63, 3.8) is 0 Å². The first-order valence-corrected chi connectivity index (χ1v) is 7.95. The van der Waals surface area contributed by atoms with Crippen LogP contribution in [-0.2, 0) is 0 Å². The summed E-state index contributed by atoms with van der Waals surface area (Å²) in [6, 6.07) is 8.21. The molecular weight excluding hydrogens is 300 g/mol. The van der Waals surface area contributed by atoms with Crippen LogP contribution in [0, 0.1) is 6.92 Å². The number of hydrogen-bond acceptors (Lipinski definition) is 4. The number of benzene rings is 1. The molecule has 0 unspecified atom stereocenters. The average molecular weight is 318 g/mol. The Labute approximate surface area is 134 Å². The molecule has 6 heteroatoms. The lowest BCUT2D eigenvalue weighted by molar-refractivity contribution is 0.867. The molecule has 2 aromatic rings. The van der Waals surface area contributed by atoms with E-state index in [9.17, 15) is 0 Å². The highest BCUT2D eigenvalue weighted by molar-refractivity contribution is 7.80. The number of nitrogens with one attached hydrogen (secondary N) is 2. The van der Waals surface area contributed by atoms with Crippen LogP contribution in [0.5, 0.6) is 0 Å². The fraction of sp³-hybridized carbons (Fsp3) is 0.267. The van der Waals surface area contributed by atoms with Crippen LogP contribution in [0.25, 0.3) is 0 Å². The Balaban J connectivity index is 1.85. The van der Waals surface area contributed by atoms with Gasteiger partial charge in [-0.05, 0) is 42.8 Å². The number of aromatic nitrogens is 1. The predicted octanol–water partition coefficient (Wildman–Crippen LogP) is 3.90. The van der Waals surface area contributed by atoms with Crippen LogP contribution >= 0.6 is 23.6 Å². The van der Waals surface area contributed by atoms with Crippen molar-refractivity contribution in [3.05, 3.63) is 45.9 Å². The smallest absolute Gasteiger partial charge is 0.191 e. The van der Waals surface area contributed by atoms with Gasteiger partial charge in [-0.15, -0.1) is 11.3 Å². The number of hydrogen-bond donors (Lipinski definition) is 2. The van der Waals surface area contributed by atoms with Gasteiger partial charge in [0.05, 0.1) is 16.9 Å². The van der Waals surface area contributed by atoms with E-state index < -0.39 is 0 Å². The van der Waals surface area contributed by atoms with Gasteiger partial charge < -0.3 is 5.32 Å². The summed E-state index contributed by atoms with van der Waals surface area (Å²) in [5.41, 5.74) is 5.85. The molecule has 2 rings (SSSR count). The van der Waals surface area contributed by atoms with E-state index in [2.05, 4.69) is 46.8 Å². The molecular formula is C15H18N4S2. The molecule has 21 heavy (non-hydrogen) atoms. The molecule has 110 valence electrons. The molecule has 0 fully saturated rings. The Morgan fingerprint density at radius 3 is 2.62 bits per heavy atom. The maximum absolute atomic E-state index is 5.19. The van der Waals surface area contributed by atoms with Gasteiger partial charge in [0, 0.05) is 11.1 Å². The Morgan fingerprint density at radius 2 is 2.05 bits per heavy atom. The van der Waals surface area contributed by atoms with Gasteiger partial charge in [-0.2, -0.15) is 5.10 Å². The molecule has 0 saturated carbocycles. The van der Waals surface area contributed by atoms with Crippen LogP contribution in [0.2, 0.25) is 0 Å².